The van der Waals surface area contributed by atoms with E-state index in [2.05, 4.69) is 0 Å². The summed E-state index contributed by atoms with van der Waals surface area (Å²) >= 11 is 1.54. The lowest BCUT2D eigenvalue weighted by Crippen LogP contribution is -2.10. The Morgan fingerprint density at radius 1 is 1.21 bits per heavy atom. The summed E-state index contributed by atoms with van der Waals surface area (Å²) in [6.07, 6.45) is 0. The fourth-order valence-electron chi connectivity index (χ4n) is 1.88. The molecule has 0 aromatic heterocycles. The van der Waals surface area contributed by atoms with E-state index in [1.165, 1.54) is 12.1 Å². The van der Waals surface area contributed by atoms with Gasteiger partial charge in [-0.1, -0.05) is 24.3 Å². The molecule has 0 fully saturated rings. The first-order valence-corrected chi connectivity index (χ1v) is 6.87. The van der Waals surface area contributed by atoms with Crippen LogP contribution in [0, 0.1) is 5.82 Å². The van der Waals surface area contributed by atoms with Gasteiger partial charge in [0.1, 0.15) is 11.6 Å². The van der Waals surface area contributed by atoms with Crippen molar-refractivity contribution >= 4 is 11.8 Å². The highest BCUT2D eigenvalue weighted by Gasteiger charge is 2.15. The van der Waals surface area contributed by atoms with Crippen molar-refractivity contribution in [1.82, 2.24) is 0 Å². The van der Waals surface area contributed by atoms with Gasteiger partial charge in [0, 0.05) is 17.0 Å². The van der Waals surface area contributed by atoms with E-state index < -0.39 is 0 Å². The SMILES string of the molecule is COc1ccccc1C(CN)Sc1cccc(F)c1. The summed E-state index contributed by atoms with van der Waals surface area (Å²) < 4.78 is 18.5. The minimum absolute atomic E-state index is 0.0398. The number of ether oxygens (including phenoxy) is 1. The fraction of sp³-hybridized carbons (Fsp3) is 0.200. The highest BCUT2D eigenvalue weighted by atomic mass is 32.2. The van der Waals surface area contributed by atoms with Crippen molar-refractivity contribution in [2.24, 2.45) is 5.73 Å². The van der Waals surface area contributed by atoms with Gasteiger partial charge in [-0.15, -0.1) is 11.8 Å². The normalized spacial score (nSPS) is 12.2. The molecule has 2 rings (SSSR count). The Morgan fingerprint density at radius 2 is 2.00 bits per heavy atom. The molecule has 4 heteroatoms. The van der Waals surface area contributed by atoms with Crippen LogP contribution in [0.3, 0.4) is 0 Å². The molecule has 1 unspecified atom stereocenters. The van der Waals surface area contributed by atoms with E-state index in [-0.39, 0.29) is 11.1 Å². The molecule has 0 heterocycles. The van der Waals surface area contributed by atoms with Gasteiger partial charge in [0.25, 0.3) is 0 Å². The van der Waals surface area contributed by atoms with Crippen molar-refractivity contribution < 1.29 is 9.13 Å². The summed E-state index contributed by atoms with van der Waals surface area (Å²) in [5.74, 6) is 0.572. The molecule has 1 atom stereocenters. The van der Waals surface area contributed by atoms with E-state index in [0.717, 1.165) is 16.2 Å². The zero-order valence-electron chi connectivity index (χ0n) is 10.7. The number of rotatable bonds is 5. The Morgan fingerprint density at radius 3 is 2.68 bits per heavy atom. The molecule has 0 aliphatic rings. The third kappa shape index (κ3) is 3.49. The number of halogens is 1. The van der Waals surface area contributed by atoms with Gasteiger partial charge in [-0.25, -0.2) is 4.39 Å². The lowest BCUT2D eigenvalue weighted by molar-refractivity contribution is 0.409. The van der Waals surface area contributed by atoms with Crippen LogP contribution in [0.25, 0.3) is 0 Å². The molecule has 0 aliphatic heterocycles. The Labute approximate surface area is 116 Å². The summed E-state index contributed by atoms with van der Waals surface area (Å²) in [5.41, 5.74) is 6.87. The van der Waals surface area contributed by atoms with E-state index in [9.17, 15) is 4.39 Å². The Hall–Kier alpha value is -1.52. The van der Waals surface area contributed by atoms with Crippen molar-refractivity contribution in [3.63, 3.8) is 0 Å². The average molecular weight is 277 g/mol. The van der Waals surface area contributed by atoms with Crippen LogP contribution in [-0.4, -0.2) is 13.7 Å². The highest BCUT2D eigenvalue weighted by Crippen LogP contribution is 2.38. The molecule has 19 heavy (non-hydrogen) atoms. The van der Waals surface area contributed by atoms with Crippen molar-refractivity contribution in [3.8, 4) is 5.75 Å². The van der Waals surface area contributed by atoms with Crippen LogP contribution in [0.15, 0.2) is 53.4 Å². The third-order valence-corrected chi connectivity index (χ3v) is 4.03. The van der Waals surface area contributed by atoms with E-state index in [4.69, 9.17) is 10.5 Å². The number of thioether (sulfide) groups is 1. The van der Waals surface area contributed by atoms with Crippen molar-refractivity contribution in [3.05, 3.63) is 59.9 Å². The molecule has 2 nitrogen and oxygen atoms in total. The predicted molar refractivity (Wildman–Crippen MR) is 77.0 cm³/mol. The van der Waals surface area contributed by atoms with E-state index in [1.807, 2.05) is 30.3 Å². The Kier molecular flexibility index (Phi) is 4.82. The first-order chi connectivity index (χ1) is 9.24. The van der Waals surface area contributed by atoms with E-state index >= 15 is 0 Å². The zero-order chi connectivity index (χ0) is 13.7. The summed E-state index contributed by atoms with van der Waals surface area (Å²) in [7, 11) is 1.64. The second-order valence-electron chi connectivity index (χ2n) is 4.04. The molecule has 2 aromatic carbocycles. The standard InChI is InChI=1S/C15H16FNOS/c1-18-14-8-3-2-7-13(14)15(10-17)19-12-6-4-5-11(16)9-12/h2-9,15H,10,17H2,1H3. The molecular formula is C15H16FNOS. The van der Waals surface area contributed by atoms with Crippen LogP contribution in [0.1, 0.15) is 10.8 Å². The lowest BCUT2D eigenvalue weighted by atomic mass is 10.1. The first-order valence-electron chi connectivity index (χ1n) is 6.00. The molecule has 100 valence electrons. The molecule has 0 saturated carbocycles. The molecule has 0 spiro atoms. The highest BCUT2D eigenvalue weighted by molar-refractivity contribution is 7.99. The van der Waals surface area contributed by atoms with Gasteiger partial charge in [-0.3, -0.25) is 0 Å². The first kappa shape index (κ1) is 13.9. The molecule has 0 aliphatic carbocycles. The molecule has 0 saturated heterocycles. The monoisotopic (exact) mass is 277 g/mol. The van der Waals surface area contributed by atoms with Crippen LogP contribution in [0.2, 0.25) is 0 Å². The summed E-state index contributed by atoms with van der Waals surface area (Å²) in [6, 6.07) is 14.3. The quantitative estimate of drug-likeness (QED) is 0.848. The van der Waals surface area contributed by atoms with Gasteiger partial charge >= 0.3 is 0 Å². The van der Waals surface area contributed by atoms with Gasteiger partial charge < -0.3 is 10.5 Å². The maximum Gasteiger partial charge on any atom is 0.124 e. The van der Waals surface area contributed by atoms with Gasteiger partial charge in [0.15, 0.2) is 0 Å². The Balaban J connectivity index is 2.25. The second kappa shape index (κ2) is 6.59. The average Bonchev–Trinajstić information content (AvgIpc) is 2.45. The molecule has 0 bridgehead atoms. The second-order valence-corrected chi connectivity index (χ2v) is 5.32. The van der Waals surface area contributed by atoms with E-state index in [0.29, 0.717) is 6.54 Å². The summed E-state index contributed by atoms with van der Waals surface area (Å²) in [5, 5.41) is 0.0398. The maximum atomic E-state index is 13.2. The Bertz CT molecular complexity index is 547. The molecule has 2 N–H and O–H groups in total. The number of methoxy groups -OCH3 is 1. The number of hydrogen-bond acceptors (Lipinski definition) is 3. The topological polar surface area (TPSA) is 35.2 Å². The fourth-order valence-corrected chi connectivity index (χ4v) is 2.96. The van der Waals surface area contributed by atoms with Crippen molar-refractivity contribution in [2.45, 2.75) is 10.1 Å². The largest absolute Gasteiger partial charge is 0.496 e. The maximum absolute atomic E-state index is 13.2. The molecule has 2 aromatic rings. The lowest BCUT2D eigenvalue weighted by Gasteiger charge is -2.17. The van der Waals surface area contributed by atoms with Gasteiger partial charge in [0.05, 0.1) is 12.4 Å². The van der Waals surface area contributed by atoms with Crippen LogP contribution < -0.4 is 10.5 Å². The van der Waals surface area contributed by atoms with Crippen LogP contribution in [0.5, 0.6) is 5.75 Å². The predicted octanol–water partition coefficient (Wildman–Crippen LogP) is 3.63. The number of para-hydroxylation sites is 1. The molecule has 0 radical (unpaired) electrons. The van der Waals surface area contributed by atoms with Gasteiger partial charge in [-0.05, 0) is 24.3 Å². The van der Waals surface area contributed by atoms with E-state index in [1.54, 1.807) is 24.9 Å². The van der Waals surface area contributed by atoms with Gasteiger partial charge in [0.2, 0.25) is 0 Å². The summed E-state index contributed by atoms with van der Waals surface area (Å²) in [4.78, 5) is 0.862. The van der Waals surface area contributed by atoms with Crippen molar-refractivity contribution in [2.75, 3.05) is 13.7 Å². The number of benzene rings is 2. The number of nitrogens with two attached hydrogens (primary N) is 1. The molecular weight excluding hydrogens is 261 g/mol. The minimum atomic E-state index is -0.235. The minimum Gasteiger partial charge on any atom is -0.496 e. The van der Waals surface area contributed by atoms with Gasteiger partial charge in [-0.2, -0.15) is 0 Å². The smallest absolute Gasteiger partial charge is 0.124 e. The number of hydrogen-bond donors (Lipinski definition) is 1. The van der Waals surface area contributed by atoms with Crippen molar-refractivity contribution in [1.29, 1.82) is 0 Å². The van der Waals surface area contributed by atoms with Crippen LogP contribution >= 0.6 is 11.8 Å². The van der Waals surface area contributed by atoms with Crippen LogP contribution in [0.4, 0.5) is 4.39 Å². The molecule has 0 amide bonds. The summed E-state index contributed by atoms with van der Waals surface area (Å²) in [6.45, 7) is 0.460. The zero-order valence-corrected chi connectivity index (χ0v) is 11.5. The van der Waals surface area contributed by atoms with Crippen LogP contribution in [-0.2, 0) is 0 Å². The third-order valence-electron chi connectivity index (χ3n) is 2.77.